The van der Waals surface area contributed by atoms with Crippen LogP contribution in [0.2, 0.25) is 0 Å². The maximum absolute atomic E-state index is 5.67. The second-order valence-electron chi connectivity index (χ2n) is 4.04. The first-order valence-corrected chi connectivity index (χ1v) is 6.53. The number of para-hydroxylation sites is 1. The number of rotatable bonds is 7. The molecule has 1 heterocycles. The van der Waals surface area contributed by atoms with Gasteiger partial charge in [-0.1, -0.05) is 18.2 Å². The molecule has 0 aliphatic rings. The Labute approximate surface area is 117 Å². The maximum atomic E-state index is 5.67. The van der Waals surface area contributed by atoms with Gasteiger partial charge in [0.05, 0.1) is 0 Å². The van der Waals surface area contributed by atoms with Gasteiger partial charge in [-0.3, -0.25) is 5.10 Å². The molecule has 0 saturated carbocycles. The minimum Gasteiger partial charge on any atom is -0.486 e. The monoisotopic (exact) mass is 279 g/mol. The highest BCUT2D eigenvalue weighted by Gasteiger charge is 2.06. The van der Waals surface area contributed by atoms with E-state index in [-0.39, 0.29) is 0 Å². The molecule has 0 atom stereocenters. The first kappa shape index (κ1) is 13.8. The molecule has 1 aromatic heterocycles. The molecule has 0 aliphatic heterocycles. The lowest BCUT2D eigenvalue weighted by atomic mass is 10.3. The molecule has 0 unspecified atom stereocenters. The molecule has 2 rings (SSSR count). The zero-order valence-corrected chi connectivity index (χ0v) is 11.7. The summed E-state index contributed by atoms with van der Waals surface area (Å²) < 4.78 is 13.3. The van der Waals surface area contributed by atoms with E-state index in [0.29, 0.717) is 18.0 Å². The summed E-state index contributed by atoms with van der Waals surface area (Å²) >= 11 is 5.20. The van der Waals surface area contributed by atoms with E-state index in [4.69, 9.17) is 21.7 Å². The molecule has 1 N–H and O–H groups in total. The molecule has 0 aliphatic carbocycles. The highest BCUT2D eigenvalue weighted by atomic mass is 32.1. The van der Waals surface area contributed by atoms with Crippen LogP contribution in [0.1, 0.15) is 12.2 Å². The summed E-state index contributed by atoms with van der Waals surface area (Å²) in [5.41, 5.74) is 0. The normalized spacial score (nSPS) is 10.6. The van der Waals surface area contributed by atoms with Crippen LogP contribution in [0, 0.1) is 4.77 Å². The molecule has 5 nitrogen and oxygen atoms in total. The molecule has 0 radical (unpaired) electrons. The first-order chi connectivity index (χ1) is 9.31. The Morgan fingerprint density at radius 2 is 2.11 bits per heavy atom. The molecule has 19 heavy (non-hydrogen) atoms. The van der Waals surface area contributed by atoms with Gasteiger partial charge in [0.15, 0.2) is 10.6 Å². The Kier molecular flexibility index (Phi) is 5.11. The van der Waals surface area contributed by atoms with Crippen molar-refractivity contribution in [3.63, 3.8) is 0 Å². The summed E-state index contributed by atoms with van der Waals surface area (Å²) in [5, 5.41) is 6.98. The number of H-pyrrole nitrogens is 1. The molecule has 0 saturated heterocycles. The predicted octanol–water partition coefficient (Wildman–Crippen LogP) is 2.56. The summed E-state index contributed by atoms with van der Waals surface area (Å²) in [6, 6.07) is 9.65. The standard InChI is InChI=1S/C13H17N3O2S/c1-17-9-5-8-16-12(14-15-13(16)19)10-18-11-6-3-2-4-7-11/h2-4,6-7H,5,8-10H2,1H3,(H,15,19). The molecule has 1 aromatic carbocycles. The van der Waals surface area contributed by atoms with E-state index in [9.17, 15) is 0 Å². The molecule has 0 bridgehead atoms. The van der Waals surface area contributed by atoms with Crippen LogP contribution in [0.5, 0.6) is 5.75 Å². The fourth-order valence-corrected chi connectivity index (χ4v) is 1.96. The highest BCUT2D eigenvalue weighted by molar-refractivity contribution is 7.71. The number of hydrogen-bond acceptors (Lipinski definition) is 4. The maximum Gasteiger partial charge on any atom is 0.195 e. The number of aromatic nitrogens is 3. The van der Waals surface area contributed by atoms with Gasteiger partial charge in [0.1, 0.15) is 12.4 Å². The van der Waals surface area contributed by atoms with Crippen LogP contribution in [-0.2, 0) is 17.9 Å². The van der Waals surface area contributed by atoms with Gasteiger partial charge in [0, 0.05) is 20.3 Å². The average molecular weight is 279 g/mol. The van der Waals surface area contributed by atoms with Crippen LogP contribution >= 0.6 is 12.2 Å². The van der Waals surface area contributed by atoms with Crippen molar-refractivity contribution in [1.82, 2.24) is 14.8 Å². The molecular weight excluding hydrogens is 262 g/mol. The second kappa shape index (κ2) is 7.06. The van der Waals surface area contributed by atoms with E-state index in [1.165, 1.54) is 0 Å². The first-order valence-electron chi connectivity index (χ1n) is 6.12. The lowest BCUT2D eigenvalue weighted by Crippen LogP contribution is -2.09. The van der Waals surface area contributed by atoms with Crippen LogP contribution in [0.25, 0.3) is 0 Å². The number of benzene rings is 1. The second-order valence-corrected chi connectivity index (χ2v) is 4.43. The van der Waals surface area contributed by atoms with Crippen LogP contribution in [0.4, 0.5) is 0 Å². The quantitative estimate of drug-likeness (QED) is 0.625. The van der Waals surface area contributed by atoms with Crippen molar-refractivity contribution in [2.24, 2.45) is 0 Å². The van der Waals surface area contributed by atoms with E-state index in [2.05, 4.69) is 10.2 Å². The lowest BCUT2D eigenvalue weighted by molar-refractivity contribution is 0.189. The number of methoxy groups -OCH3 is 1. The van der Waals surface area contributed by atoms with E-state index >= 15 is 0 Å². The minimum absolute atomic E-state index is 0.393. The third-order valence-corrected chi connectivity index (χ3v) is 2.99. The van der Waals surface area contributed by atoms with E-state index in [1.54, 1.807) is 7.11 Å². The van der Waals surface area contributed by atoms with E-state index in [1.807, 2.05) is 34.9 Å². The van der Waals surface area contributed by atoms with Crippen molar-refractivity contribution in [3.8, 4) is 5.75 Å². The predicted molar refractivity (Wildman–Crippen MR) is 74.7 cm³/mol. The van der Waals surface area contributed by atoms with Gasteiger partial charge in [-0.05, 0) is 30.8 Å². The Balaban J connectivity index is 1.98. The smallest absolute Gasteiger partial charge is 0.195 e. The number of hydrogen-bond donors (Lipinski definition) is 1. The van der Waals surface area contributed by atoms with Crippen LogP contribution in [-0.4, -0.2) is 28.5 Å². The van der Waals surface area contributed by atoms with Crippen molar-refractivity contribution >= 4 is 12.2 Å². The lowest BCUT2D eigenvalue weighted by Gasteiger charge is -2.08. The molecule has 2 aromatic rings. The summed E-state index contributed by atoms with van der Waals surface area (Å²) in [6.45, 7) is 1.87. The van der Waals surface area contributed by atoms with Crippen LogP contribution < -0.4 is 4.74 Å². The number of nitrogens with one attached hydrogen (secondary N) is 1. The Morgan fingerprint density at radius 3 is 2.84 bits per heavy atom. The van der Waals surface area contributed by atoms with Crippen molar-refractivity contribution in [2.75, 3.05) is 13.7 Å². The highest BCUT2D eigenvalue weighted by Crippen LogP contribution is 2.11. The molecular formula is C13H17N3O2S. The summed E-state index contributed by atoms with van der Waals surface area (Å²) in [5.74, 6) is 1.62. The van der Waals surface area contributed by atoms with Crippen LogP contribution in [0.3, 0.4) is 0 Å². The van der Waals surface area contributed by atoms with Crippen molar-refractivity contribution in [3.05, 3.63) is 40.9 Å². The summed E-state index contributed by atoms with van der Waals surface area (Å²) in [7, 11) is 1.69. The van der Waals surface area contributed by atoms with E-state index < -0.39 is 0 Å². The number of aromatic amines is 1. The molecule has 0 spiro atoms. The van der Waals surface area contributed by atoms with Gasteiger partial charge in [0.2, 0.25) is 0 Å². The largest absolute Gasteiger partial charge is 0.486 e. The zero-order chi connectivity index (χ0) is 13.5. The van der Waals surface area contributed by atoms with Gasteiger partial charge >= 0.3 is 0 Å². The van der Waals surface area contributed by atoms with Gasteiger partial charge in [-0.2, -0.15) is 5.10 Å². The van der Waals surface area contributed by atoms with Crippen molar-refractivity contribution in [2.45, 2.75) is 19.6 Å². The third kappa shape index (κ3) is 3.90. The van der Waals surface area contributed by atoms with Gasteiger partial charge in [-0.15, -0.1) is 0 Å². The molecule has 102 valence electrons. The Bertz CT molecular complexity index is 551. The molecule has 0 fully saturated rings. The van der Waals surface area contributed by atoms with Gasteiger partial charge in [-0.25, -0.2) is 0 Å². The van der Waals surface area contributed by atoms with Gasteiger partial charge < -0.3 is 14.0 Å². The zero-order valence-electron chi connectivity index (χ0n) is 10.8. The fraction of sp³-hybridized carbons (Fsp3) is 0.385. The summed E-state index contributed by atoms with van der Waals surface area (Å²) in [6.07, 6.45) is 0.892. The van der Waals surface area contributed by atoms with Crippen LogP contribution in [0.15, 0.2) is 30.3 Å². The number of nitrogens with zero attached hydrogens (tertiary/aromatic N) is 2. The summed E-state index contributed by atoms with van der Waals surface area (Å²) in [4.78, 5) is 0. The topological polar surface area (TPSA) is 52.1 Å². The minimum atomic E-state index is 0.393. The molecule has 0 amide bonds. The van der Waals surface area contributed by atoms with Crippen molar-refractivity contribution in [1.29, 1.82) is 0 Å². The SMILES string of the molecule is COCCCn1c(COc2ccccc2)n[nH]c1=S. The average Bonchev–Trinajstić information content (AvgIpc) is 2.79. The Hall–Kier alpha value is -1.66. The Morgan fingerprint density at radius 1 is 1.32 bits per heavy atom. The third-order valence-electron chi connectivity index (χ3n) is 2.68. The van der Waals surface area contributed by atoms with E-state index in [0.717, 1.165) is 24.5 Å². The van der Waals surface area contributed by atoms with Crippen molar-refractivity contribution < 1.29 is 9.47 Å². The fourth-order valence-electron chi connectivity index (χ4n) is 1.72. The van der Waals surface area contributed by atoms with Gasteiger partial charge in [0.25, 0.3) is 0 Å². The number of ether oxygens (including phenoxy) is 2. The molecule has 6 heteroatoms.